The molecular formula is C26H22N2O4S. The summed E-state index contributed by atoms with van der Waals surface area (Å²) in [7, 11) is 3.07. The first kappa shape index (κ1) is 21.0. The standard InChI is InChI=1S/C26H22N2O4S/c1-16-8-4-5-9-17(16)15-27-23-19-10-6-7-11-22(19)33-24(23)25(29)28(26(27)30)18-12-13-20(31-2)21(14-18)32-3/h4-14H,15H2,1-3H3. The largest absolute Gasteiger partial charge is 0.493 e. The van der Waals surface area contributed by atoms with Crippen molar-refractivity contribution in [1.82, 2.24) is 9.13 Å². The molecule has 0 fully saturated rings. The number of methoxy groups -OCH3 is 2. The van der Waals surface area contributed by atoms with Gasteiger partial charge < -0.3 is 9.47 Å². The lowest BCUT2D eigenvalue weighted by atomic mass is 10.1. The molecule has 0 unspecified atom stereocenters. The van der Waals surface area contributed by atoms with Crippen LogP contribution in [0.1, 0.15) is 11.1 Å². The molecule has 0 saturated heterocycles. The Kier molecular flexibility index (Phi) is 5.26. The summed E-state index contributed by atoms with van der Waals surface area (Å²) < 4.78 is 15.2. The van der Waals surface area contributed by atoms with Gasteiger partial charge in [-0.3, -0.25) is 9.36 Å². The molecule has 33 heavy (non-hydrogen) atoms. The molecule has 166 valence electrons. The fraction of sp³-hybridized carbons (Fsp3) is 0.154. The van der Waals surface area contributed by atoms with Gasteiger partial charge in [0.15, 0.2) is 11.5 Å². The second-order valence-corrected chi connectivity index (χ2v) is 8.80. The number of aryl methyl sites for hydroxylation is 1. The van der Waals surface area contributed by atoms with Crippen LogP contribution in [-0.2, 0) is 6.54 Å². The van der Waals surface area contributed by atoms with E-state index in [1.165, 1.54) is 23.0 Å². The smallest absolute Gasteiger partial charge is 0.336 e. The molecule has 0 atom stereocenters. The van der Waals surface area contributed by atoms with Crippen LogP contribution in [0.4, 0.5) is 0 Å². The van der Waals surface area contributed by atoms with E-state index in [-0.39, 0.29) is 5.56 Å². The first-order chi connectivity index (χ1) is 16.0. The number of hydrogen-bond donors (Lipinski definition) is 0. The van der Waals surface area contributed by atoms with E-state index in [1.54, 1.807) is 29.9 Å². The Morgan fingerprint density at radius 3 is 2.36 bits per heavy atom. The number of nitrogens with zero attached hydrogens (tertiary/aromatic N) is 2. The van der Waals surface area contributed by atoms with Crippen molar-refractivity contribution in [2.24, 2.45) is 0 Å². The Labute approximate surface area is 193 Å². The summed E-state index contributed by atoms with van der Waals surface area (Å²) in [6.07, 6.45) is 0. The molecule has 0 N–H and O–H groups in total. The molecule has 6 nitrogen and oxygen atoms in total. The number of fused-ring (bicyclic) bond motifs is 3. The highest BCUT2D eigenvalue weighted by Crippen LogP contribution is 2.32. The first-order valence-electron chi connectivity index (χ1n) is 10.5. The van der Waals surface area contributed by atoms with Gasteiger partial charge in [-0.1, -0.05) is 42.5 Å². The molecule has 2 aromatic heterocycles. The monoisotopic (exact) mass is 458 g/mol. The predicted molar refractivity (Wildman–Crippen MR) is 133 cm³/mol. The Balaban J connectivity index is 1.87. The zero-order chi connectivity index (χ0) is 23.1. The first-order valence-corrected chi connectivity index (χ1v) is 11.3. The maximum atomic E-state index is 13.9. The average Bonchev–Trinajstić information content (AvgIpc) is 3.23. The SMILES string of the molecule is COc1ccc(-n2c(=O)c3sc4ccccc4c3n(Cc3ccccc3C)c2=O)cc1OC. The van der Waals surface area contributed by atoms with Gasteiger partial charge in [-0.2, -0.15) is 0 Å². The highest BCUT2D eigenvalue weighted by atomic mass is 32.1. The van der Waals surface area contributed by atoms with Crippen LogP contribution in [0.25, 0.3) is 26.0 Å². The predicted octanol–water partition coefficient (Wildman–Crippen LogP) is 4.74. The van der Waals surface area contributed by atoms with Gasteiger partial charge in [-0.05, 0) is 36.2 Å². The summed E-state index contributed by atoms with van der Waals surface area (Å²) in [6, 6.07) is 20.8. The number of benzene rings is 3. The minimum Gasteiger partial charge on any atom is -0.493 e. The third kappa shape index (κ3) is 3.41. The van der Waals surface area contributed by atoms with Crippen LogP contribution >= 0.6 is 11.3 Å². The van der Waals surface area contributed by atoms with Gasteiger partial charge >= 0.3 is 5.69 Å². The summed E-state index contributed by atoms with van der Waals surface area (Å²) in [6.45, 7) is 2.38. The van der Waals surface area contributed by atoms with E-state index >= 15 is 0 Å². The molecular weight excluding hydrogens is 436 g/mol. The molecule has 2 heterocycles. The summed E-state index contributed by atoms with van der Waals surface area (Å²) in [5.41, 5.74) is 2.47. The van der Waals surface area contributed by atoms with Crippen LogP contribution in [0.15, 0.2) is 76.3 Å². The van der Waals surface area contributed by atoms with E-state index in [1.807, 2.05) is 55.5 Å². The molecule has 0 aliphatic carbocycles. The highest BCUT2D eigenvalue weighted by Gasteiger charge is 2.20. The number of rotatable bonds is 5. The molecule has 3 aromatic carbocycles. The van der Waals surface area contributed by atoms with Gasteiger partial charge in [-0.15, -0.1) is 11.3 Å². The number of hydrogen-bond acceptors (Lipinski definition) is 5. The van der Waals surface area contributed by atoms with Crippen LogP contribution in [-0.4, -0.2) is 23.4 Å². The van der Waals surface area contributed by atoms with E-state index in [0.29, 0.717) is 33.9 Å². The van der Waals surface area contributed by atoms with Gasteiger partial charge in [0.05, 0.1) is 32.0 Å². The number of thiophene rings is 1. The Morgan fingerprint density at radius 1 is 0.879 bits per heavy atom. The van der Waals surface area contributed by atoms with Crippen molar-refractivity contribution in [3.05, 3.63) is 98.7 Å². The lowest BCUT2D eigenvalue weighted by molar-refractivity contribution is 0.355. The van der Waals surface area contributed by atoms with Crippen molar-refractivity contribution in [2.75, 3.05) is 14.2 Å². The molecule has 5 rings (SSSR count). The molecule has 0 aliphatic rings. The van der Waals surface area contributed by atoms with E-state index in [9.17, 15) is 9.59 Å². The van der Waals surface area contributed by atoms with Crippen LogP contribution in [0, 0.1) is 6.92 Å². The third-order valence-electron chi connectivity index (χ3n) is 5.87. The van der Waals surface area contributed by atoms with Gasteiger partial charge in [0, 0.05) is 16.2 Å². The normalized spacial score (nSPS) is 11.2. The summed E-state index contributed by atoms with van der Waals surface area (Å²) >= 11 is 1.40. The second kappa shape index (κ2) is 8.26. The van der Waals surface area contributed by atoms with E-state index in [0.717, 1.165) is 21.2 Å². The molecule has 0 bridgehead atoms. The van der Waals surface area contributed by atoms with Crippen LogP contribution in [0.5, 0.6) is 11.5 Å². The molecule has 0 spiro atoms. The minimum atomic E-state index is -0.397. The van der Waals surface area contributed by atoms with Gasteiger partial charge in [0.2, 0.25) is 0 Å². The molecule has 0 radical (unpaired) electrons. The third-order valence-corrected chi connectivity index (χ3v) is 7.02. The van der Waals surface area contributed by atoms with E-state index < -0.39 is 5.69 Å². The fourth-order valence-corrected chi connectivity index (χ4v) is 5.28. The maximum Gasteiger partial charge on any atom is 0.336 e. The quantitative estimate of drug-likeness (QED) is 0.382. The van der Waals surface area contributed by atoms with Gasteiger partial charge in [0.1, 0.15) is 4.70 Å². The average molecular weight is 459 g/mol. The maximum absolute atomic E-state index is 13.9. The van der Waals surface area contributed by atoms with Crippen LogP contribution in [0.2, 0.25) is 0 Å². The van der Waals surface area contributed by atoms with Crippen LogP contribution < -0.4 is 20.7 Å². The Bertz CT molecular complexity index is 1630. The zero-order valence-electron chi connectivity index (χ0n) is 18.5. The van der Waals surface area contributed by atoms with Gasteiger partial charge in [0.25, 0.3) is 5.56 Å². The van der Waals surface area contributed by atoms with E-state index in [4.69, 9.17) is 9.47 Å². The lowest BCUT2D eigenvalue weighted by Crippen LogP contribution is -2.38. The van der Waals surface area contributed by atoms with Crippen molar-refractivity contribution < 1.29 is 9.47 Å². The number of aromatic nitrogens is 2. The Morgan fingerprint density at radius 2 is 1.61 bits per heavy atom. The number of ether oxygens (including phenoxy) is 2. The summed E-state index contributed by atoms with van der Waals surface area (Å²) in [5, 5.41) is 0.903. The summed E-state index contributed by atoms with van der Waals surface area (Å²) in [5.74, 6) is 0.973. The van der Waals surface area contributed by atoms with Crippen molar-refractivity contribution in [1.29, 1.82) is 0 Å². The molecule has 0 aliphatic heterocycles. The second-order valence-electron chi connectivity index (χ2n) is 7.75. The highest BCUT2D eigenvalue weighted by molar-refractivity contribution is 7.25. The van der Waals surface area contributed by atoms with E-state index in [2.05, 4.69) is 0 Å². The van der Waals surface area contributed by atoms with Crippen molar-refractivity contribution in [3.63, 3.8) is 0 Å². The molecule has 0 amide bonds. The molecule has 7 heteroatoms. The fourth-order valence-electron chi connectivity index (χ4n) is 4.15. The Hall–Kier alpha value is -3.84. The van der Waals surface area contributed by atoms with Crippen molar-refractivity contribution in [2.45, 2.75) is 13.5 Å². The van der Waals surface area contributed by atoms with Crippen molar-refractivity contribution in [3.8, 4) is 17.2 Å². The van der Waals surface area contributed by atoms with Crippen molar-refractivity contribution >= 4 is 31.6 Å². The minimum absolute atomic E-state index is 0.343. The zero-order valence-corrected chi connectivity index (χ0v) is 19.3. The topological polar surface area (TPSA) is 62.5 Å². The summed E-state index contributed by atoms with van der Waals surface area (Å²) in [4.78, 5) is 27.5. The lowest BCUT2D eigenvalue weighted by Gasteiger charge is -2.15. The van der Waals surface area contributed by atoms with Gasteiger partial charge in [-0.25, -0.2) is 9.36 Å². The van der Waals surface area contributed by atoms with Crippen LogP contribution in [0.3, 0.4) is 0 Å². The molecule has 0 saturated carbocycles. The molecule has 5 aromatic rings.